The first kappa shape index (κ1) is 11.5. The van der Waals surface area contributed by atoms with Crippen LogP contribution in [0.2, 0.25) is 0 Å². The fourth-order valence-corrected chi connectivity index (χ4v) is 1.92. The van der Waals surface area contributed by atoms with Crippen molar-refractivity contribution in [2.24, 2.45) is 0 Å². The monoisotopic (exact) mass is 228 g/mol. The summed E-state index contributed by atoms with van der Waals surface area (Å²) in [4.78, 5) is 0. The van der Waals surface area contributed by atoms with Gasteiger partial charge in [-0.25, -0.2) is 0 Å². The van der Waals surface area contributed by atoms with E-state index in [1.165, 1.54) is 0 Å². The van der Waals surface area contributed by atoms with E-state index >= 15 is 0 Å². The number of aryl methyl sites for hydroxylation is 3. The molecule has 0 aliphatic carbocycles. The minimum atomic E-state index is -0.0429. The van der Waals surface area contributed by atoms with Gasteiger partial charge < -0.3 is 10.2 Å². The minimum absolute atomic E-state index is 0.0385. The Morgan fingerprint density at radius 1 is 0.706 bits per heavy atom. The standard InChI is InChI=1S/C15H16O2/c1-9-4-5-10(2)13(8-9)12-7-6-11(3)14(16)15(12)17/h4-8,16-17H,1-3H3. The predicted molar refractivity (Wildman–Crippen MR) is 69.4 cm³/mol. The quantitative estimate of drug-likeness (QED) is 0.731. The molecule has 2 rings (SSSR count). The maximum Gasteiger partial charge on any atom is 0.165 e. The van der Waals surface area contributed by atoms with Crippen molar-refractivity contribution in [2.75, 3.05) is 0 Å². The van der Waals surface area contributed by atoms with E-state index in [0.717, 1.165) is 16.7 Å². The zero-order valence-corrected chi connectivity index (χ0v) is 10.3. The number of phenols is 2. The van der Waals surface area contributed by atoms with Crippen molar-refractivity contribution in [3.8, 4) is 22.6 Å². The van der Waals surface area contributed by atoms with Crippen LogP contribution in [-0.4, -0.2) is 10.2 Å². The summed E-state index contributed by atoms with van der Waals surface area (Å²) in [7, 11) is 0. The molecule has 0 radical (unpaired) electrons. The third kappa shape index (κ3) is 1.98. The van der Waals surface area contributed by atoms with Crippen LogP contribution in [0.1, 0.15) is 16.7 Å². The van der Waals surface area contributed by atoms with Crippen molar-refractivity contribution >= 4 is 0 Å². The molecule has 2 N–H and O–H groups in total. The van der Waals surface area contributed by atoms with Crippen LogP contribution in [0.25, 0.3) is 11.1 Å². The van der Waals surface area contributed by atoms with Crippen molar-refractivity contribution in [1.29, 1.82) is 0 Å². The van der Waals surface area contributed by atoms with Crippen LogP contribution in [0.4, 0.5) is 0 Å². The highest BCUT2D eigenvalue weighted by molar-refractivity contribution is 5.76. The molecule has 2 heteroatoms. The second kappa shape index (κ2) is 4.13. The summed E-state index contributed by atoms with van der Waals surface area (Å²) < 4.78 is 0. The smallest absolute Gasteiger partial charge is 0.165 e. The zero-order valence-electron chi connectivity index (χ0n) is 10.3. The van der Waals surface area contributed by atoms with Gasteiger partial charge in [-0.2, -0.15) is 0 Å². The summed E-state index contributed by atoms with van der Waals surface area (Å²) in [6.07, 6.45) is 0. The molecule has 0 atom stereocenters. The highest BCUT2D eigenvalue weighted by Gasteiger charge is 2.12. The average Bonchev–Trinajstić information content (AvgIpc) is 2.30. The summed E-state index contributed by atoms with van der Waals surface area (Å²) in [6, 6.07) is 9.71. The molecule has 0 aliphatic heterocycles. The topological polar surface area (TPSA) is 40.5 Å². The Kier molecular flexibility index (Phi) is 2.80. The van der Waals surface area contributed by atoms with Gasteiger partial charge in [-0.1, -0.05) is 35.9 Å². The Bertz CT molecular complexity index is 571. The molecule has 0 saturated heterocycles. The molecule has 0 aliphatic rings. The van der Waals surface area contributed by atoms with Crippen LogP contribution in [0.5, 0.6) is 11.5 Å². The van der Waals surface area contributed by atoms with Crippen molar-refractivity contribution in [3.05, 3.63) is 47.0 Å². The van der Waals surface area contributed by atoms with Crippen molar-refractivity contribution in [3.63, 3.8) is 0 Å². The molecule has 2 nitrogen and oxygen atoms in total. The summed E-state index contributed by atoms with van der Waals surface area (Å²) in [6.45, 7) is 5.76. The van der Waals surface area contributed by atoms with Gasteiger partial charge in [-0.15, -0.1) is 0 Å². The Morgan fingerprint density at radius 3 is 2.06 bits per heavy atom. The molecule has 0 saturated carbocycles. The van der Waals surface area contributed by atoms with Crippen molar-refractivity contribution < 1.29 is 10.2 Å². The molecule has 88 valence electrons. The first-order valence-electron chi connectivity index (χ1n) is 5.60. The van der Waals surface area contributed by atoms with Gasteiger partial charge in [0.15, 0.2) is 11.5 Å². The van der Waals surface area contributed by atoms with Gasteiger partial charge >= 0.3 is 0 Å². The highest BCUT2D eigenvalue weighted by atomic mass is 16.3. The summed E-state index contributed by atoms with van der Waals surface area (Å²) in [5, 5.41) is 19.8. The van der Waals surface area contributed by atoms with Gasteiger partial charge in [0.25, 0.3) is 0 Å². The lowest BCUT2D eigenvalue weighted by molar-refractivity contribution is 0.402. The van der Waals surface area contributed by atoms with Crippen LogP contribution in [0.3, 0.4) is 0 Å². The highest BCUT2D eigenvalue weighted by Crippen LogP contribution is 2.39. The van der Waals surface area contributed by atoms with Gasteiger partial charge in [0.05, 0.1) is 0 Å². The van der Waals surface area contributed by atoms with E-state index in [9.17, 15) is 10.2 Å². The number of rotatable bonds is 1. The van der Waals surface area contributed by atoms with Crippen LogP contribution in [0.15, 0.2) is 30.3 Å². The molecule has 0 unspecified atom stereocenters. The van der Waals surface area contributed by atoms with E-state index in [4.69, 9.17) is 0 Å². The van der Waals surface area contributed by atoms with Gasteiger partial charge in [0.2, 0.25) is 0 Å². The predicted octanol–water partition coefficient (Wildman–Crippen LogP) is 3.69. The third-order valence-corrected chi connectivity index (χ3v) is 3.04. The van der Waals surface area contributed by atoms with E-state index in [0.29, 0.717) is 11.1 Å². The molecule has 0 aromatic heterocycles. The van der Waals surface area contributed by atoms with E-state index in [-0.39, 0.29) is 11.5 Å². The first-order valence-corrected chi connectivity index (χ1v) is 5.60. The molecule has 0 spiro atoms. The van der Waals surface area contributed by atoms with Crippen LogP contribution >= 0.6 is 0 Å². The second-order valence-electron chi connectivity index (χ2n) is 4.45. The van der Waals surface area contributed by atoms with E-state index < -0.39 is 0 Å². The number of hydrogen-bond donors (Lipinski definition) is 2. The molecular formula is C15H16O2. The van der Waals surface area contributed by atoms with Crippen molar-refractivity contribution in [2.45, 2.75) is 20.8 Å². The molecule has 0 amide bonds. The third-order valence-electron chi connectivity index (χ3n) is 3.04. The lowest BCUT2D eigenvalue weighted by Crippen LogP contribution is -1.87. The van der Waals surface area contributed by atoms with E-state index in [2.05, 4.69) is 0 Å². The number of aromatic hydroxyl groups is 2. The molecule has 17 heavy (non-hydrogen) atoms. The lowest BCUT2D eigenvalue weighted by atomic mass is 9.96. The van der Waals surface area contributed by atoms with E-state index in [1.54, 1.807) is 6.92 Å². The Hall–Kier alpha value is -1.96. The molecule has 0 heterocycles. The molecular weight excluding hydrogens is 212 g/mol. The Labute approximate surface area is 101 Å². The molecule has 0 bridgehead atoms. The normalized spacial score (nSPS) is 10.5. The maximum absolute atomic E-state index is 10.00. The average molecular weight is 228 g/mol. The lowest BCUT2D eigenvalue weighted by Gasteiger charge is -2.11. The van der Waals surface area contributed by atoms with Crippen LogP contribution < -0.4 is 0 Å². The van der Waals surface area contributed by atoms with Gasteiger partial charge in [-0.05, 0) is 37.5 Å². The Morgan fingerprint density at radius 2 is 1.35 bits per heavy atom. The van der Waals surface area contributed by atoms with Crippen LogP contribution in [-0.2, 0) is 0 Å². The minimum Gasteiger partial charge on any atom is -0.504 e. The van der Waals surface area contributed by atoms with Crippen molar-refractivity contribution in [1.82, 2.24) is 0 Å². The second-order valence-corrected chi connectivity index (χ2v) is 4.45. The first-order chi connectivity index (χ1) is 8.00. The SMILES string of the molecule is Cc1ccc(C)c(-c2ccc(C)c(O)c2O)c1. The summed E-state index contributed by atoms with van der Waals surface area (Å²) >= 11 is 0. The molecule has 0 fully saturated rings. The summed E-state index contributed by atoms with van der Waals surface area (Å²) in [5.74, 6) is -0.0814. The summed E-state index contributed by atoms with van der Waals surface area (Å²) in [5.41, 5.74) is 4.52. The number of phenolic OH excluding ortho intramolecular Hbond substituents is 2. The molecule has 2 aromatic carbocycles. The fourth-order valence-electron chi connectivity index (χ4n) is 1.92. The Balaban J connectivity index is 2.69. The molecule has 2 aromatic rings. The maximum atomic E-state index is 10.00. The van der Waals surface area contributed by atoms with Gasteiger partial charge in [0.1, 0.15) is 0 Å². The number of hydrogen-bond acceptors (Lipinski definition) is 2. The fraction of sp³-hybridized carbons (Fsp3) is 0.200. The van der Waals surface area contributed by atoms with Crippen LogP contribution in [0, 0.1) is 20.8 Å². The van der Waals surface area contributed by atoms with E-state index in [1.807, 2.05) is 44.2 Å². The van der Waals surface area contributed by atoms with Gasteiger partial charge in [-0.3, -0.25) is 0 Å². The zero-order chi connectivity index (χ0) is 12.6. The number of benzene rings is 2. The van der Waals surface area contributed by atoms with Gasteiger partial charge in [0, 0.05) is 5.56 Å². The largest absolute Gasteiger partial charge is 0.504 e.